The van der Waals surface area contributed by atoms with Crippen LogP contribution in [0.1, 0.15) is 23.5 Å². The summed E-state index contributed by atoms with van der Waals surface area (Å²) in [4.78, 5) is 35.8. The van der Waals surface area contributed by atoms with Crippen molar-refractivity contribution in [2.75, 3.05) is 0 Å². The van der Waals surface area contributed by atoms with Gasteiger partial charge in [0, 0.05) is 11.8 Å². The first kappa shape index (κ1) is 17.6. The van der Waals surface area contributed by atoms with Crippen molar-refractivity contribution >= 4 is 29.1 Å². The third kappa shape index (κ3) is 4.63. The maximum absolute atomic E-state index is 12.9. The molecule has 0 fully saturated rings. The van der Waals surface area contributed by atoms with Crippen molar-refractivity contribution in [3.63, 3.8) is 0 Å². The van der Waals surface area contributed by atoms with Crippen LogP contribution in [0.3, 0.4) is 0 Å². The smallest absolute Gasteiger partial charge is 0.279 e. The molecule has 1 aromatic heterocycles. The summed E-state index contributed by atoms with van der Waals surface area (Å²) >= 11 is 1.22. The summed E-state index contributed by atoms with van der Waals surface area (Å²) in [6.45, 7) is 2.80. The molecule has 1 atom stereocenters. The average molecular weight is 349 g/mol. The SMILES string of the molecule is CC(=O)NC(C)C(=O)NNC(=O)c1ccc(-c2ccc(F)cc2)s1. The van der Waals surface area contributed by atoms with Gasteiger partial charge in [-0.05, 0) is 36.8 Å². The fourth-order valence-electron chi connectivity index (χ4n) is 1.89. The normalized spacial score (nSPS) is 11.5. The maximum atomic E-state index is 12.9. The van der Waals surface area contributed by atoms with Gasteiger partial charge >= 0.3 is 0 Å². The van der Waals surface area contributed by atoms with Crippen LogP contribution in [-0.4, -0.2) is 23.8 Å². The van der Waals surface area contributed by atoms with Gasteiger partial charge in [-0.1, -0.05) is 12.1 Å². The van der Waals surface area contributed by atoms with Crippen molar-refractivity contribution in [3.05, 3.63) is 47.1 Å². The van der Waals surface area contributed by atoms with Crippen LogP contribution in [0.4, 0.5) is 4.39 Å². The molecule has 8 heteroatoms. The molecule has 6 nitrogen and oxygen atoms in total. The summed E-state index contributed by atoms with van der Waals surface area (Å²) in [5, 5.41) is 2.41. The first-order valence-corrected chi connectivity index (χ1v) is 7.91. The number of benzene rings is 1. The first-order valence-electron chi connectivity index (χ1n) is 7.10. The number of halogens is 1. The lowest BCUT2D eigenvalue weighted by Crippen LogP contribution is -2.50. The summed E-state index contributed by atoms with van der Waals surface area (Å²) < 4.78 is 12.9. The summed E-state index contributed by atoms with van der Waals surface area (Å²) in [6.07, 6.45) is 0. The van der Waals surface area contributed by atoms with Crippen molar-refractivity contribution in [3.8, 4) is 10.4 Å². The van der Waals surface area contributed by atoms with Gasteiger partial charge < -0.3 is 5.32 Å². The highest BCUT2D eigenvalue weighted by Crippen LogP contribution is 2.28. The molecule has 0 aliphatic heterocycles. The standard InChI is InChI=1S/C16H16FN3O3S/c1-9(18-10(2)21)15(22)19-20-16(23)14-8-7-13(24-14)11-3-5-12(17)6-4-11/h3-9H,1-2H3,(H,18,21)(H,19,22)(H,20,23). The van der Waals surface area contributed by atoms with E-state index in [0.29, 0.717) is 4.88 Å². The second kappa shape index (κ2) is 7.69. The van der Waals surface area contributed by atoms with E-state index in [0.717, 1.165) is 10.4 Å². The summed E-state index contributed by atoms with van der Waals surface area (Å²) in [7, 11) is 0. The van der Waals surface area contributed by atoms with E-state index in [2.05, 4.69) is 16.2 Å². The highest BCUT2D eigenvalue weighted by molar-refractivity contribution is 7.17. The summed E-state index contributed by atoms with van der Waals surface area (Å²) in [5.74, 6) is -1.68. The lowest BCUT2D eigenvalue weighted by Gasteiger charge is -2.12. The molecule has 126 valence electrons. The zero-order valence-electron chi connectivity index (χ0n) is 13.1. The minimum Gasteiger partial charge on any atom is -0.345 e. The second-order valence-electron chi connectivity index (χ2n) is 5.04. The monoisotopic (exact) mass is 349 g/mol. The molecule has 1 unspecified atom stereocenters. The van der Waals surface area contributed by atoms with Crippen LogP contribution in [-0.2, 0) is 9.59 Å². The van der Waals surface area contributed by atoms with E-state index in [1.54, 1.807) is 24.3 Å². The number of thiophene rings is 1. The van der Waals surface area contributed by atoms with E-state index >= 15 is 0 Å². The molecule has 0 spiro atoms. The molecule has 0 saturated carbocycles. The highest BCUT2D eigenvalue weighted by Gasteiger charge is 2.16. The number of hydrazine groups is 1. The van der Waals surface area contributed by atoms with Crippen LogP contribution in [0.5, 0.6) is 0 Å². The molecule has 0 radical (unpaired) electrons. The Labute approximate surface area is 142 Å². The maximum Gasteiger partial charge on any atom is 0.279 e. The number of hydrogen-bond acceptors (Lipinski definition) is 4. The van der Waals surface area contributed by atoms with E-state index in [-0.39, 0.29) is 11.7 Å². The molecule has 24 heavy (non-hydrogen) atoms. The molecule has 2 aromatic rings. The van der Waals surface area contributed by atoms with Crippen LogP contribution in [0, 0.1) is 5.82 Å². The quantitative estimate of drug-likeness (QED) is 0.736. The second-order valence-corrected chi connectivity index (χ2v) is 6.12. The topological polar surface area (TPSA) is 87.3 Å². The Morgan fingerprint density at radius 1 is 1.04 bits per heavy atom. The van der Waals surface area contributed by atoms with Crippen molar-refractivity contribution in [2.45, 2.75) is 19.9 Å². The minimum absolute atomic E-state index is 0.329. The molecule has 1 heterocycles. The third-order valence-electron chi connectivity index (χ3n) is 3.07. The van der Waals surface area contributed by atoms with E-state index in [4.69, 9.17) is 0 Å². The van der Waals surface area contributed by atoms with Crippen molar-refractivity contribution in [1.82, 2.24) is 16.2 Å². The molecule has 0 aliphatic carbocycles. The summed E-state index contributed by atoms with van der Waals surface area (Å²) in [5.41, 5.74) is 5.33. The zero-order valence-corrected chi connectivity index (χ0v) is 13.9. The van der Waals surface area contributed by atoms with Crippen LogP contribution in [0.2, 0.25) is 0 Å². The minimum atomic E-state index is -0.763. The zero-order chi connectivity index (χ0) is 17.7. The van der Waals surface area contributed by atoms with Crippen LogP contribution in [0.25, 0.3) is 10.4 Å². The van der Waals surface area contributed by atoms with Crippen molar-refractivity contribution in [2.24, 2.45) is 0 Å². The van der Waals surface area contributed by atoms with E-state index in [9.17, 15) is 18.8 Å². The molecule has 0 aliphatic rings. The van der Waals surface area contributed by atoms with Crippen LogP contribution in [0.15, 0.2) is 36.4 Å². The highest BCUT2D eigenvalue weighted by atomic mass is 32.1. The number of amides is 3. The third-order valence-corrected chi connectivity index (χ3v) is 4.20. The largest absolute Gasteiger partial charge is 0.345 e. The Morgan fingerprint density at radius 3 is 2.33 bits per heavy atom. The van der Waals surface area contributed by atoms with E-state index in [1.165, 1.54) is 37.3 Å². The molecule has 0 bridgehead atoms. The summed E-state index contributed by atoms with van der Waals surface area (Å²) in [6, 6.07) is 8.54. The van der Waals surface area contributed by atoms with Gasteiger partial charge in [-0.2, -0.15) is 0 Å². The molecular weight excluding hydrogens is 333 g/mol. The van der Waals surface area contributed by atoms with Gasteiger partial charge in [0.25, 0.3) is 11.8 Å². The van der Waals surface area contributed by atoms with Crippen molar-refractivity contribution in [1.29, 1.82) is 0 Å². The lowest BCUT2D eigenvalue weighted by molar-refractivity contribution is -0.128. The van der Waals surface area contributed by atoms with Crippen LogP contribution < -0.4 is 16.2 Å². The van der Waals surface area contributed by atoms with Gasteiger partial charge in [-0.3, -0.25) is 25.2 Å². The van der Waals surface area contributed by atoms with Gasteiger partial charge in [0.05, 0.1) is 4.88 Å². The molecule has 1 aromatic carbocycles. The molecule has 0 saturated heterocycles. The Hall–Kier alpha value is -2.74. The van der Waals surface area contributed by atoms with Gasteiger partial charge in [0.15, 0.2) is 0 Å². The fraction of sp³-hybridized carbons (Fsp3) is 0.188. The fourth-order valence-corrected chi connectivity index (χ4v) is 2.79. The van der Waals surface area contributed by atoms with Gasteiger partial charge in [0.1, 0.15) is 11.9 Å². The number of rotatable bonds is 4. The van der Waals surface area contributed by atoms with Gasteiger partial charge in [-0.15, -0.1) is 11.3 Å². The van der Waals surface area contributed by atoms with E-state index in [1.807, 2.05) is 0 Å². The molecule has 3 amide bonds. The Kier molecular flexibility index (Phi) is 5.64. The van der Waals surface area contributed by atoms with Gasteiger partial charge in [0.2, 0.25) is 5.91 Å². The van der Waals surface area contributed by atoms with E-state index < -0.39 is 17.9 Å². The number of hydrogen-bond donors (Lipinski definition) is 3. The Balaban J connectivity index is 1.95. The number of carbonyl (C=O) groups excluding carboxylic acids is 3. The number of carbonyl (C=O) groups is 3. The first-order chi connectivity index (χ1) is 11.4. The van der Waals surface area contributed by atoms with Gasteiger partial charge in [-0.25, -0.2) is 4.39 Å². The predicted octanol–water partition coefficient (Wildman–Crippen LogP) is 1.84. The molecule has 3 N–H and O–H groups in total. The number of nitrogens with one attached hydrogen (secondary N) is 3. The average Bonchev–Trinajstić information content (AvgIpc) is 3.02. The molecular formula is C16H16FN3O3S. The van der Waals surface area contributed by atoms with Crippen LogP contribution >= 0.6 is 11.3 Å². The van der Waals surface area contributed by atoms with Crippen molar-refractivity contribution < 1.29 is 18.8 Å². The molecule has 2 rings (SSSR count). The Morgan fingerprint density at radius 2 is 1.71 bits per heavy atom. The Bertz CT molecular complexity index is 758. The lowest BCUT2D eigenvalue weighted by atomic mass is 10.2. The predicted molar refractivity (Wildman–Crippen MR) is 88.6 cm³/mol.